The van der Waals surface area contributed by atoms with Crippen LogP contribution in [0.5, 0.6) is 11.5 Å². The van der Waals surface area contributed by atoms with Gasteiger partial charge in [0.1, 0.15) is 22.7 Å². The molecule has 2 aromatic carbocycles. The molecule has 1 aliphatic rings. The van der Waals surface area contributed by atoms with Gasteiger partial charge < -0.3 is 29.0 Å². The number of nitrogens with one attached hydrogen (secondary N) is 1. The lowest BCUT2D eigenvalue weighted by atomic mass is 9.93. The molecule has 1 aromatic heterocycles. The van der Waals surface area contributed by atoms with E-state index in [-0.39, 0.29) is 30.4 Å². The first kappa shape index (κ1) is 24.8. The number of hydrogen-bond acceptors (Lipinski definition) is 7. The first-order chi connectivity index (χ1) is 17.3. The van der Waals surface area contributed by atoms with Gasteiger partial charge in [0, 0.05) is 12.1 Å². The van der Waals surface area contributed by atoms with Gasteiger partial charge in [-0.05, 0) is 30.7 Å². The predicted octanol–water partition coefficient (Wildman–Crippen LogP) is 2.42. The van der Waals surface area contributed by atoms with Gasteiger partial charge in [0.2, 0.25) is 5.91 Å². The summed E-state index contributed by atoms with van der Waals surface area (Å²) in [7, 11) is 4.29. The van der Waals surface area contributed by atoms with Crippen LogP contribution in [-0.2, 0) is 29.2 Å². The van der Waals surface area contributed by atoms with E-state index in [9.17, 15) is 14.4 Å². The summed E-state index contributed by atoms with van der Waals surface area (Å²) in [5, 5.41) is 2.95. The normalized spacial score (nSPS) is 16.8. The van der Waals surface area contributed by atoms with E-state index < -0.39 is 17.4 Å². The number of nitrogens with zero attached hydrogens (tertiary/aromatic N) is 3. The van der Waals surface area contributed by atoms with Crippen LogP contribution < -0.4 is 14.8 Å². The zero-order valence-corrected chi connectivity index (χ0v) is 20.6. The molecule has 1 aliphatic heterocycles. The number of carbonyl (C=O) groups excluding carboxylic acids is 3. The number of benzene rings is 2. The lowest BCUT2D eigenvalue weighted by molar-refractivity contribution is -0.133. The monoisotopic (exact) mass is 492 g/mol. The fraction of sp³-hybridized carbons (Fsp3) is 0.308. The van der Waals surface area contributed by atoms with E-state index in [4.69, 9.17) is 14.2 Å². The molecule has 1 atom stereocenters. The molecule has 0 spiro atoms. The third-order valence-corrected chi connectivity index (χ3v) is 6.34. The van der Waals surface area contributed by atoms with Crippen molar-refractivity contribution in [1.82, 2.24) is 19.8 Å². The minimum absolute atomic E-state index is 0.0280. The number of rotatable bonds is 8. The van der Waals surface area contributed by atoms with Crippen molar-refractivity contribution in [2.45, 2.75) is 32.1 Å². The van der Waals surface area contributed by atoms with Gasteiger partial charge in [-0.3, -0.25) is 9.59 Å². The van der Waals surface area contributed by atoms with Crippen molar-refractivity contribution >= 4 is 17.8 Å². The van der Waals surface area contributed by atoms with Gasteiger partial charge in [0.05, 0.1) is 40.7 Å². The lowest BCUT2D eigenvalue weighted by Gasteiger charge is -2.44. The van der Waals surface area contributed by atoms with E-state index in [0.717, 1.165) is 5.56 Å². The molecule has 0 bridgehead atoms. The summed E-state index contributed by atoms with van der Waals surface area (Å²) in [4.78, 5) is 45.4. The Hall–Kier alpha value is -4.34. The Balaban J connectivity index is 1.75. The number of ether oxygens (including phenoxy) is 3. The number of methoxy groups -OCH3 is 3. The summed E-state index contributed by atoms with van der Waals surface area (Å²) in [6, 6.07) is 14.7. The minimum Gasteiger partial charge on any atom is -0.497 e. The summed E-state index contributed by atoms with van der Waals surface area (Å²) in [5.74, 6) is -0.497. The molecule has 2 amide bonds. The van der Waals surface area contributed by atoms with Crippen molar-refractivity contribution in [2.24, 2.45) is 0 Å². The highest BCUT2D eigenvalue weighted by atomic mass is 16.5. The fourth-order valence-corrected chi connectivity index (χ4v) is 4.33. The summed E-state index contributed by atoms with van der Waals surface area (Å²) in [5.41, 5.74) is 0.226. The smallest absolute Gasteiger partial charge is 0.359 e. The Bertz CT molecular complexity index is 1290. The van der Waals surface area contributed by atoms with Crippen molar-refractivity contribution in [3.05, 3.63) is 77.4 Å². The second-order valence-corrected chi connectivity index (χ2v) is 8.57. The first-order valence-electron chi connectivity index (χ1n) is 11.3. The highest BCUT2D eigenvalue weighted by Crippen LogP contribution is 2.34. The lowest BCUT2D eigenvalue weighted by Crippen LogP contribution is -2.63. The summed E-state index contributed by atoms with van der Waals surface area (Å²) >= 11 is 0. The Labute approximate surface area is 208 Å². The van der Waals surface area contributed by atoms with E-state index in [1.165, 1.54) is 30.0 Å². The zero-order chi connectivity index (χ0) is 25.9. The fourth-order valence-electron chi connectivity index (χ4n) is 4.33. The van der Waals surface area contributed by atoms with Crippen LogP contribution in [0.1, 0.15) is 39.0 Å². The number of amides is 2. The van der Waals surface area contributed by atoms with Crippen LogP contribution in [0.4, 0.5) is 0 Å². The third-order valence-electron chi connectivity index (χ3n) is 6.34. The van der Waals surface area contributed by atoms with Crippen LogP contribution in [0.2, 0.25) is 0 Å². The molecule has 0 aliphatic carbocycles. The standard InChI is InChI=1S/C26H28N4O6/c1-26(25(33)27-13-17-8-6-5-7-9-17)15-29-16-28-21(24(32)36-4)22(29)23(31)30(26)14-18-12-19(34-2)10-11-20(18)35-3/h5-12,16H,13-15H2,1-4H3,(H,27,33). The Morgan fingerprint density at radius 3 is 2.50 bits per heavy atom. The average Bonchev–Trinajstić information content (AvgIpc) is 3.33. The topological polar surface area (TPSA) is 112 Å². The van der Waals surface area contributed by atoms with Crippen LogP contribution in [-0.4, -0.2) is 59.1 Å². The van der Waals surface area contributed by atoms with Crippen LogP contribution in [0, 0.1) is 0 Å². The molecule has 0 saturated carbocycles. The highest BCUT2D eigenvalue weighted by molar-refractivity contribution is 6.06. The summed E-state index contributed by atoms with van der Waals surface area (Å²) in [6.07, 6.45) is 1.38. The Morgan fingerprint density at radius 2 is 1.83 bits per heavy atom. The number of esters is 1. The SMILES string of the molecule is COC(=O)c1ncn2c1C(=O)N(Cc1cc(OC)ccc1OC)C(C)(C(=O)NCc1ccccc1)C2. The van der Waals surface area contributed by atoms with E-state index in [1.54, 1.807) is 32.2 Å². The molecule has 3 aromatic rings. The molecule has 1 N–H and O–H groups in total. The maximum atomic E-state index is 13.9. The molecule has 0 saturated heterocycles. The van der Waals surface area contributed by atoms with Gasteiger partial charge >= 0.3 is 5.97 Å². The molecule has 10 nitrogen and oxygen atoms in total. The molecule has 10 heteroatoms. The number of fused-ring (bicyclic) bond motifs is 1. The number of hydrogen-bond donors (Lipinski definition) is 1. The zero-order valence-electron chi connectivity index (χ0n) is 20.6. The molecule has 2 heterocycles. The quantitative estimate of drug-likeness (QED) is 0.481. The van der Waals surface area contributed by atoms with Gasteiger partial charge in [-0.2, -0.15) is 0 Å². The summed E-state index contributed by atoms with van der Waals surface area (Å²) in [6.45, 7) is 2.10. The van der Waals surface area contributed by atoms with Crippen molar-refractivity contribution in [2.75, 3.05) is 21.3 Å². The van der Waals surface area contributed by atoms with Crippen LogP contribution in [0.3, 0.4) is 0 Å². The third kappa shape index (κ3) is 4.49. The Morgan fingerprint density at radius 1 is 1.08 bits per heavy atom. The average molecular weight is 493 g/mol. The van der Waals surface area contributed by atoms with E-state index in [0.29, 0.717) is 23.6 Å². The van der Waals surface area contributed by atoms with Gasteiger partial charge in [0.25, 0.3) is 5.91 Å². The molecule has 0 radical (unpaired) electrons. The minimum atomic E-state index is -1.30. The molecule has 36 heavy (non-hydrogen) atoms. The van der Waals surface area contributed by atoms with E-state index in [1.807, 2.05) is 30.3 Å². The summed E-state index contributed by atoms with van der Waals surface area (Å²) < 4.78 is 17.2. The largest absolute Gasteiger partial charge is 0.497 e. The second-order valence-electron chi connectivity index (χ2n) is 8.57. The van der Waals surface area contributed by atoms with Crippen LogP contribution in [0.25, 0.3) is 0 Å². The van der Waals surface area contributed by atoms with Crippen molar-refractivity contribution < 1.29 is 28.6 Å². The Kier molecular flexibility index (Phi) is 6.96. The molecule has 0 fully saturated rings. The molecular formula is C26H28N4O6. The number of aromatic nitrogens is 2. The van der Waals surface area contributed by atoms with Crippen molar-refractivity contribution in [3.8, 4) is 11.5 Å². The van der Waals surface area contributed by atoms with Gasteiger partial charge in [0.15, 0.2) is 5.69 Å². The maximum Gasteiger partial charge on any atom is 0.359 e. The van der Waals surface area contributed by atoms with Crippen molar-refractivity contribution in [1.29, 1.82) is 0 Å². The highest BCUT2D eigenvalue weighted by Gasteiger charge is 2.49. The van der Waals surface area contributed by atoms with E-state index >= 15 is 0 Å². The first-order valence-corrected chi connectivity index (χ1v) is 11.3. The number of carbonyl (C=O) groups is 3. The molecule has 1 unspecified atom stereocenters. The van der Waals surface area contributed by atoms with Gasteiger partial charge in [-0.25, -0.2) is 9.78 Å². The molecular weight excluding hydrogens is 464 g/mol. The maximum absolute atomic E-state index is 13.9. The van der Waals surface area contributed by atoms with Crippen LogP contribution in [0.15, 0.2) is 54.9 Å². The van der Waals surface area contributed by atoms with E-state index in [2.05, 4.69) is 10.3 Å². The van der Waals surface area contributed by atoms with Crippen molar-refractivity contribution in [3.63, 3.8) is 0 Å². The van der Waals surface area contributed by atoms with Gasteiger partial charge in [-0.15, -0.1) is 0 Å². The molecule has 188 valence electrons. The van der Waals surface area contributed by atoms with Gasteiger partial charge in [-0.1, -0.05) is 30.3 Å². The van der Waals surface area contributed by atoms with Crippen LogP contribution >= 0.6 is 0 Å². The number of imidazole rings is 1. The predicted molar refractivity (Wildman–Crippen MR) is 130 cm³/mol. The second kappa shape index (κ2) is 10.1. The molecule has 4 rings (SSSR count).